The highest BCUT2D eigenvalue weighted by atomic mass is 16.6. The molecule has 0 aromatic heterocycles. The van der Waals surface area contributed by atoms with Gasteiger partial charge in [-0.05, 0) is 39.5 Å². The van der Waals surface area contributed by atoms with Crippen LogP contribution in [0.25, 0.3) is 0 Å². The predicted molar refractivity (Wildman–Crippen MR) is 90.6 cm³/mol. The van der Waals surface area contributed by atoms with E-state index in [4.69, 9.17) is 15.6 Å². The number of aliphatic carboxylic acids is 1. The van der Waals surface area contributed by atoms with E-state index < -0.39 is 35.5 Å². The van der Waals surface area contributed by atoms with E-state index in [-0.39, 0.29) is 31.7 Å². The second kappa shape index (κ2) is 10.5. The van der Waals surface area contributed by atoms with Gasteiger partial charge in [0.05, 0.1) is 0 Å². The number of hydrogen-bond donors (Lipinski definition) is 4. The van der Waals surface area contributed by atoms with Crippen molar-refractivity contribution in [3.63, 3.8) is 0 Å². The van der Waals surface area contributed by atoms with Crippen LogP contribution in [0.1, 0.15) is 53.4 Å². The Morgan fingerprint density at radius 3 is 2.24 bits per heavy atom. The standard InChI is InChI=1S/C16H29N3O6/c1-10(9-12(17)20)7-8-18-14(23)11(5-6-13(21)22)19-15(24)25-16(2,3)4/h10-11H,5-9H2,1-4H3,(H2,17,20)(H,18,23)(H,19,24)(H,21,22)/t10?,11-/m0/s1. The van der Waals surface area contributed by atoms with Crippen molar-refractivity contribution >= 4 is 23.9 Å². The van der Waals surface area contributed by atoms with Gasteiger partial charge in [-0.25, -0.2) is 4.79 Å². The minimum atomic E-state index is -1.07. The Morgan fingerprint density at radius 1 is 1.16 bits per heavy atom. The van der Waals surface area contributed by atoms with Crippen LogP contribution in [0.3, 0.4) is 0 Å². The maximum atomic E-state index is 12.2. The molecule has 0 aromatic carbocycles. The zero-order valence-electron chi connectivity index (χ0n) is 15.3. The van der Waals surface area contributed by atoms with Crippen molar-refractivity contribution in [2.24, 2.45) is 11.7 Å². The second-order valence-corrected chi connectivity index (χ2v) is 6.99. The van der Waals surface area contributed by atoms with E-state index in [1.54, 1.807) is 20.8 Å². The summed E-state index contributed by atoms with van der Waals surface area (Å²) in [5, 5.41) is 13.8. The summed E-state index contributed by atoms with van der Waals surface area (Å²) in [5.74, 6) is -1.98. The molecule has 0 radical (unpaired) electrons. The molecule has 0 bridgehead atoms. The molecule has 9 heteroatoms. The van der Waals surface area contributed by atoms with Gasteiger partial charge in [-0.15, -0.1) is 0 Å². The number of carboxylic acids is 1. The maximum Gasteiger partial charge on any atom is 0.408 e. The van der Waals surface area contributed by atoms with Gasteiger partial charge in [0.1, 0.15) is 11.6 Å². The minimum absolute atomic E-state index is 0.00841. The zero-order valence-corrected chi connectivity index (χ0v) is 15.3. The van der Waals surface area contributed by atoms with Crippen molar-refractivity contribution in [1.82, 2.24) is 10.6 Å². The molecule has 0 saturated carbocycles. The molecule has 3 amide bonds. The number of alkyl carbamates (subject to hydrolysis) is 1. The average molecular weight is 359 g/mol. The number of carbonyl (C=O) groups excluding carboxylic acids is 3. The van der Waals surface area contributed by atoms with Gasteiger partial charge in [0.15, 0.2) is 0 Å². The monoisotopic (exact) mass is 359 g/mol. The van der Waals surface area contributed by atoms with Crippen molar-refractivity contribution in [1.29, 1.82) is 0 Å². The summed E-state index contributed by atoms with van der Waals surface area (Å²) in [6.45, 7) is 7.15. The van der Waals surface area contributed by atoms with Crippen LogP contribution in [0.2, 0.25) is 0 Å². The number of carboxylic acid groups (broad SMARTS) is 1. The Bertz CT molecular complexity index is 487. The average Bonchev–Trinajstić information content (AvgIpc) is 2.40. The fourth-order valence-corrected chi connectivity index (χ4v) is 2.00. The van der Waals surface area contributed by atoms with E-state index in [0.29, 0.717) is 6.42 Å². The summed E-state index contributed by atoms with van der Waals surface area (Å²) in [5.41, 5.74) is 4.37. The maximum absolute atomic E-state index is 12.2. The summed E-state index contributed by atoms with van der Waals surface area (Å²) in [4.78, 5) is 45.5. The summed E-state index contributed by atoms with van der Waals surface area (Å²) in [7, 11) is 0. The van der Waals surface area contributed by atoms with Gasteiger partial charge >= 0.3 is 12.1 Å². The highest BCUT2D eigenvalue weighted by Crippen LogP contribution is 2.08. The van der Waals surface area contributed by atoms with Crippen LogP contribution in [0.5, 0.6) is 0 Å². The van der Waals surface area contributed by atoms with Gasteiger partial charge < -0.3 is 26.2 Å². The lowest BCUT2D eigenvalue weighted by Gasteiger charge is -2.23. The molecular formula is C16H29N3O6. The van der Waals surface area contributed by atoms with Gasteiger partial charge in [-0.3, -0.25) is 14.4 Å². The largest absolute Gasteiger partial charge is 0.481 e. The van der Waals surface area contributed by atoms with Gasteiger partial charge in [0.2, 0.25) is 11.8 Å². The fraction of sp³-hybridized carbons (Fsp3) is 0.750. The van der Waals surface area contributed by atoms with E-state index in [1.807, 2.05) is 6.92 Å². The first-order chi connectivity index (χ1) is 11.4. The van der Waals surface area contributed by atoms with Gasteiger partial charge in [0.25, 0.3) is 0 Å². The topological polar surface area (TPSA) is 148 Å². The molecule has 5 N–H and O–H groups in total. The lowest BCUT2D eigenvalue weighted by atomic mass is 10.0. The van der Waals surface area contributed by atoms with Crippen LogP contribution < -0.4 is 16.4 Å². The molecule has 0 spiro atoms. The third-order valence-corrected chi connectivity index (χ3v) is 3.14. The van der Waals surface area contributed by atoms with Crippen molar-refractivity contribution in [2.45, 2.75) is 65.0 Å². The van der Waals surface area contributed by atoms with Crippen LogP contribution in [-0.2, 0) is 19.1 Å². The molecule has 0 saturated heterocycles. The highest BCUT2D eigenvalue weighted by molar-refractivity contribution is 5.86. The quantitative estimate of drug-likeness (QED) is 0.452. The smallest absolute Gasteiger partial charge is 0.408 e. The second-order valence-electron chi connectivity index (χ2n) is 6.99. The first kappa shape index (κ1) is 22.7. The minimum Gasteiger partial charge on any atom is -0.481 e. The molecule has 0 aliphatic carbocycles. The number of nitrogens with two attached hydrogens (primary N) is 1. The van der Waals surface area contributed by atoms with Gasteiger partial charge in [0, 0.05) is 19.4 Å². The molecular weight excluding hydrogens is 330 g/mol. The number of amides is 3. The molecule has 144 valence electrons. The van der Waals surface area contributed by atoms with Gasteiger partial charge in [-0.2, -0.15) is 0 Å². The van der Waals surface area contributed by atoms with E-state index >= 15 is 0 Å². The van der Waals surface area contributed by atoms with Crippen molar-refractivity contribution in [3.05, 3.63) is 0 Å². The predicted octanol–water partition coefficient (Wildman–Crippen LogP) is 0.762. The lowest BCUT2D eigenvalue weighted by molar-refractivity contribution is -0.137. The van der Waals surface area contributed by atoms with E-state index in [9.17, 15) is 19.2 Å². The fourth-order valence-electron chi connectivity index (χ4n) is 2.00. The Morgan fingerprint density at radius 2 is 1.76 bits per heavy atom. The third-order valence-electron chi connectivity index (χ3n) is 3.14. The van der Waals surface area contributed by atoms with Crippen LogP contribution in [-0.4, -0.2) is 47.2 Å². The molecule has 0 heterocycles. The molecule has 0 aliphatic rings. The van der Waals surface area contributed by atoms with E-state index in [0.717, 1.165) is 0 Å². The van der Waals surface area contributed by atoms with Crippen LogP contribution in [0.15, 0.2) is 0 Å². The van der Waals surface area contributed by atoms with Crippen molar-refractivity contribution in [2.75, 3.05) is 6.54 Å². The number of rotatable bonds is 10. The normalized spacial score (nSPS) is 13.4. The first-order valence-electron chi connectivity index (χ1n) is 8.18. The Balaban J connectivity index is 4.58. The summed E-state index contributed by atoms with van der Waals surface area (Å²) in [6, 6.07) is -1.02. The number of carbonyl (C=O) groups is 4. The van der Waals surface area contributed by atoms with Crippen molar-refractivity contribution in [3.8, 4) is 0 Å². The Labute approximate surface area is 147 Å². The molecule has 0 aromatic rings. The molecule has 1 unspecified atom stereocenters. The number of nitrogens with one attached hydrogen (secondary N) is 2. The molecule has 2 atom stereocenters. The summed E-state index contributed by atoms with van der Waals surface area (Å²) < 4.78 is 5.08. The Hall–Kier alpha value is -2.32. The van der Waals surface area contributed by atoms with Crippen molar-refractivity contribution < 1.29 is 29.0 Å². The molecule has 0 fully saturated rings. The molecule has 25 heavy (non-hydrogen) atoms. The van der Waals surface area contributed by atoms with E-state index in [1.165, 1.54) is 0 Å². The molecule has 0 aliphatic heterocycles. The third kappa shape index (κ3) is 12.7. The number of hydrogen-bond acceptors (Lipinski definition) is 5. The lowest BCUT2D eigenvalue weighted by Crippen LogP contribution is -2.48. The van der Waals surface area contributed by atoms with Crippen LogP contribution >= 0.6 is 0 Å². The molecule has 9 nitrogen and oxygen atoms in total. The number of primary amides is 1. The Kier molecular flexibility index (Phi) is 9.55. The van der Waals surface area contributed by atoms with Crippen LogP contribution in [0, 0.1) is 5.92 Å². The summed E-state index contributed by atoms with van der Waals surface area (Å²) >= 11 is 0. The van der Waals surface area contributed by atoms with Gasteiger partial charge in [-0.1, -0.05) is 6.92 Å². The van der Waals surface area contributed by atoms with Crippen LogP contribution in [0.4, 0.5) is 4.79 Å². The highest BCUT2D eigenvalue weighted by Gasteiger charge is 2.24. The number of ether oxygens (including phenoxy) is 1. The van der Waals surface area contributed by atoms with E-state index in [2.05, 4.69) is 10.6 Å². The summed E-state index contributed by atoms with van der Waals surface area (Å²) in [6.07, 6.45) is -0.370. The molecule has 0 rings (SSSR count). The zero-order chi connectivity index (χ0) is 19.6. The first-order valence-corrected chi connectivity index (χ1v) is 8.18. The SMILES string of the molecule is CC(CCNC(=O)[C@H](CCC(=O)O)NC(=O)OC(C)(C)C)CC(N)=O.